The quantitative estimate of drug-likeness (QED) is 0.111. The minimum atomic E-state index is -0.911. The maximum atomic E-state index is 12.2. The fourth-order valence-corrected chi connectivity index (χ4v) is 5.03. The number of carbonyl (C=O) groups is 3. The standard InChI is InChI=1S/C27H29Cl2N3O7S/c1-16(37-18(3)34)26(15-36-17(2)33)39-27(40-21-10-11-22(28)23(29)12-21)25(38-19(4)35)14-32-13-24(30-31-32)20-8-6-5-7-9-20/h5-13,16,25-27H,14-15H2,1-4H3/t16-,25+,26?,27?/m1/s1. The van der Waals surface area contributed by atoms with Gasteiger partial charge < -0.3 is 18.9 Å². The molecule has 0 spiro atoms. The molecule has 1 heterocycles. The van der Waals surface area contributed by atoms with E-state index in [1.807, 2.05) is 30.3 Å². The Labute approximate surface area is 246 Å². The average molecular weight is 611 g/mol. The number of halogens is 2. The third-order valence-corrected chi connectivity index (χ3v) is 7.29. The number of hydrogen-bond donors (Lipinski definition) is 0. The number of carbonyl (C=O) groups excluding carboxylic acids is 3. The second kappa shape index (κ2) is 15.0. The Morgan fingerprint density at radius 1 is 0.925 bits per heavy atom. The van der Waals surface area contributed by atoms with Crippen molar-refractivity contribution < 1.29 is 33.3 Å². The predicted molar refractivity (Wildman–Crippen MR) is 150 cm³/mol. The van der Waals surface area contributed by atoms with Crippen molar-refractivity contribution in [2.45, 2.75) is 62.9 Å². The first-order valence-corrected chi connectivity index (χ1v) is 13.9. The first-order chi connectivity index (χ1) is 19.0. The highest BCUT2D eigenvalue weighted by Crippen LogP contribution is 2.34. The van der Waals surface area contributed by atoms with E-state index in [0.717, 1.165) is 5.56 Å². The van der Waals surface area contributed by atoms with Crippen molar-refractivity contribution in [3.05, 3.63) is 64.8 Å². The van der Waals surface area contributed by atoms with Gasteiger partial charge in [0.2, 0.25) is 0 Å². The molecule has 0 fully saturated rings. The molecule has 0 bridgehead atoms. The van der Waals surface area contributed by atoms with Crippen LogP contribution in [0.25, 0.3) is 11.3 Å². The van der Waals surface area contributed by atoms with Crippen LogP contribution < -0.4 is 0 Å². The van der Waals surface area contributed by atoms with Crippen LogP contribution in [0.3, 0.4) is 0 Å². The Kier molecular flexibility index (Phi) is 11.8. The van der Waals surface area contributed by atoms with Crippen molar-refractivity contribution in [2.24, 2.45) is 0 Å². The summed E-state index contributed by atoms with van der Waals surface area (Å²) in [5.41, 5.74) is 0.601. The fourth-order valence-electron chi connectivity index (χ4n) is 3.58. The lowest BCUT2D eigenvalue weighted by Gasteiger charge is -2.32. The average Bonchev–Trinajstić information content (AvgIpc) is 3.36. The minimum Gasteiger partial charge on any atom is -0.463 e. The summed E-state index contributed by atoms with van der Waals surface area (Å²) < 4.78 is 24.1. The number of aromatic nitrogens is 3. The van der Waals surface area contributed by atoms with Gasteiger partial charge in [-0.3, -0.25) is 14.4 Å². The zero-order valence-electron chi connectivity index (χ0n) is 22.3. The van der Waals surface area contributed by atoms with Crippen LogP contribution in [0.5, 0.6) is 0 Å². The van der Waals surface area contributed by atoms with Crippen molar-refractivity contribution >= 4 is 52.9 Å². The predicted octanol–water partition coefficient (Wildman–Crippen LogP) is 5.20. The molecule has 1 aromatic heterocycles. The molecule has 2 aromatic carbocycles. The van der Waals surface area contributed by atoms with Crippen molar-refractivity contribution in [1.82, 2.24) is 15.0 Å². The third kappa shape index (κ3) is 9.81. The molecule has 0 N–H and O–H groups in total. The number of hydrogen-bond acceptors (Lipinski definition) is 10. The number of ether oxygens (including phenoxy) is 4. The van der Waals surface area contributed by atoms with E-state index in [0.29, 0.717) is 20.6 Å². The molecule has 40 heavy (non-hydrogen) atoms. The molecule has 0 amide bonds. The van der Waals surface area contributed by atoms with Crippen molar-refractivity contribution in [3.63, 3.8) is 0 Å². The molecule has 214 valence electrons. The second-order valence-electron chi connectivity index (χ2n) is 8.69. The lowest BCUT2D eigenvalue weighted by molar-refractivity contribution is -0.170. The zero-order valence-corrected chi connectivity index (χ0v) is 24.6. The monoisotopic (exact) mass is 609 g/mol. The van der Waals surface area contributed by atoms with Crippen molar-refractivity contribution in [3.8, 4) is 11.3 Å². The van der Waals surface area contributed by atoms with Gasteiger partial charge in [-0.15, -0.1) is 5.10 Å². The molecule has 0 aliphatic heterocycles. The van der Waals surface area contributed by atoms with E-state index in [4.69, 9.17) is 42.1 Å². The Bertz CT molecular complexity index is 1310. The summed E-state index contributed by atoms with van der Waals surface area (Å²) in [5, 5.41) is 9.12. The van der Waals surface area contributed by atoms with Gasteiger partial charge >= 0.3 is 17.9 Å². The zero-order chi connectivity index (χ0) is 29.2. The molecule has 3 rings (SSSR count). The minimum absolute atomic E-state index is 0.0701. The first-order valence-electron chi connectivity index (χ1n) is 12.2. The van der Waals surface area contributed by atoms with Gasteiger partial charge in [0.15, 0.2) is 6.10 Å². The van der Waals surface area contributed by atoms with E-state index in [9.17, 15) is 14.4 Å². The van der Waals surface area contributed by atoms with Crippen LogP contribution in [0.1, 0.15) is 27.7 Å². The number of nitrogens with zero attached hydrogens (tertiary/aromatic N) is 3. The number of benzene rings is 2. The van der Waals surface area contributed by atoms with E-state index in [1.165, 1.54) is 37.2 Å². The highest BCUT2D eigenvalue weighted by atomic mass is 35.5. The molecule has 3 aromatic rings. The van der Waals surface area contributed by atoms with Gasteiger partial charge in [-0.05, 0) is 25.1 Å². The van der Waals surface area contributed by atoms with Crippen LogP contribution in [0, 0.1) is 0 Å². The molecule has 0 radical (unpaired) electrons. The van der Waals surface area contributed by atoms with Gasteiger partial charge in [-0.25, -0.2) is 4.68 Å². The Morgan fingerprint density at radius 3 is 2.25 bits per heavy atom. The van der Waals surface area contributed by atoms with E-state index in [2.05, 4.69) is 10.3 Å². The van der Waals surface area contributed by atoms with E-state index >= 15 is 0 Å². The molecule has 0 saturated heterocycles. The van der Waals surface area contributed by atoms with Gasteiger partial charge in [-0.2, -0.15) is 0 Å². The maximum Gasteiger partial charge on any atom is 0.303 e. The third-order valence-electron chi connectivity index (χ3n) is 5.37. The molecule has 10 nitrogen and oxygen atoms in total. The summed E-state index contributed by atoms with van der Waals surface area (Å²) in [6.45, 7) is 5.27. The smallest absolute Gasteiger partial charge is 0.303 e. The molecule has 4 atom stereocenters. The number of rotatable bonds is 13. The van der Waals surface area contributed by atoms with E-state index in [1.54, 1.807) is 31.3 Å². The topological polar surface area (TPSA) is 119 Å². The first kappa shape index (κ1) is 31.4. The summed E-state index contributed by atoms with van der Waals surface area (Å²) in [4.78, 5) is 36.1. The molecular weight excluding hydrogens is 581 g/mol. The van der Waals surface area contributed by atoms with E-state index in [-0.39, 0.29) is 13.2 Å². The highest BCUT2D eigenvalue weighted by Gasteiger charge is 2.34. The van der Waals surface area contributed by atoms with Crippen molar-refractivity contribution in [2.75, 3.05) is 6.61 Å². The van der Waals surface area contributed by atoms with Crippen LogP contribution >= 0.6 is 35.0 Å². The fraction of sp³-hybridized carbons (Fsp3) is 0.370. The van der Waals surface area contributed by atoms with Gasteiger partial charge in [0, 0.05) is 31.2 Å². The summed E-state index contributed by atoms with van der Waals surface area (Å²) in [6, 6.07) is 14.5. The van der Waals surface area contributed by atoms with Crippen LogP contribution in [0.2, 0.25) is 10.0 Å². The summed E-state index contributed by atoms with van der Waals surface area (Å²) >= 11 is 13.5. The summed E-state index contributed by atoms with van der Waals surface area (Å²) in [6.07, 6.45) is -0.888. The Hall–Kier alpha value is -3.12. The van der Waals surface area contributed by atoms with E-state index < -0.39 is 41.7 Å². The Balaban J connectivity index is 1.95. The molecular formula is C27H29Cl2N3O7S. The number of thioether (sulfide) groups is 1. The van der Waals surface area contributed by atoms with Crippen LogP contribution in [-0.2, 0) is 39.9 Å². The molecule has 0 aliphatic carbocycles. The SMILES string of the molecule is CC(=O)OCC(OC(Sc1ccc(Cl)c(Cl)c1)[C@H](Cn1cc(-c2ccccc2)nn1)OC(C)=O)[C@@H](C)OC(C)=O. The van der Waals surface area contributed by atoms with Crippen molar-refractivity contribution in [1.29, 1.82) is 0 Å². The summed E-state index contributed by atoms with van der Waals surface area (Å²) in [7, 11) is 0. The number of esters is 3. The largest absolute Gasteiger partial charge is 0.463 e. The molecule has 0 aliphatic rings. The summed E-state index contributed by atoms with van der Waals surface area (Å²) in [5.74, 6) is -1.63. The normalized spacial score (nSPS) is 14.1. The van der Waals surface area contributed by atoms with Crippen LogP contribution in [-0.4, -0.2) is 63.3 Å². The second-order valence-corrected chi connectivity index (χ2v) is 10.7. The Morgan fingerprint density at radius 2 is 1.62 bits per heavy atom. The lowest BCUT2D eigenvalue weighted by atomic mass is 10.2. The van der Waals surface area contributed by atoms with Crippen LogP contribution in [0.15, 0.2) is 59.6 Å². The van der Waals surface area contributed by atoms with Gasteiger partial charge in [-0.1, -0.05) is 70.5 Å². The van der Waals surface area contributed by atoms with Gasteiger partial charge in [0.05, 0.1) is 22.8 Å². The molecule has 0 saturated carbocycles. The maximum absolute atomic E-state index is 12.2. The van der Waals surface area contributed by atoms with Gasteiger partial charge in [0.25, 0.3) is 0 Å². The molecule has 13 heteroatoms. The van der Waals surface area contributed by atoms with Gasteiger partial charge in [0.1, 0.15) is 29.9 Å². The highest BCUT2D eigenvalue weighted by molar-refractivity contribution is 7.99. The molecule has 2 unspecified atom stereocenters. The van der Waals surface area contributed by atoms with Crippen LogP contribution in [0.4, 0.5) is 0 Å². The lowest BCUT2D eigenvalue weighted by Crippen LogP contribution is -2.43.